The minimum absolute atomic E-state index is 0.355. The van der Waals surface area contributed by atoms with E-state index in [2.05, 4.69) is 21.2 Å². The number of benzene rings is 1. The SMILES string of the molecule is CNCC(O)COCc1cccc(Br)c1. The monoisotopic (exact) mass is 273 g/mol. The number of aliphatic hydroxyl groups excluding tert-OH is 1. The van der Waals surface area contributed by atoms with Crippen molar-refractivity contribution in [3.8, 4) is 0 Å². The van der Waals surface area contributed by atoms with E-state index < -0.39 is 6.10 Å². The van der Waals surface area contributed by atoms with Crippen LogP contribution in [-0.2, 0) is 11.3 Å². The van der Waals surface area contributed by atoms with Crippen LogP contribution in [0.3, 0.4) is 0 Å². The molecule has 0 aliphatic carbocycles. The van der Waals surface area contributed by atoms with Crippen LogP contribution in [0.25, 0.3) is 0 Å². The molecule has 0 aliphatic heterocycles. The first-order valence-corrected chi connectivity index (χ1v) is 5.66. The Hall–Kier alpha value is -0.420. The summed E-state index contributed by atoms with van der Waals surface area (Å²) in [6.07, 6.45) is -0.442. The van der Waals surface area contributed by atoms with E-state index in [0.29, 0.717) is 19.8 Å². The molecule has 0 heterocycles. The predicted octanol–water partition coefficient (Wildman–Crippen LogP) is 1.55. The van der Waals surface area contributed by atoms with E-state index in [4.69, 9.17) is 4.74 Å². The molecule has 0 aliphatic rings. The second-order valence-corrected chi connectivity index (χ2v) is 4.27. The highest BCUT2D eigenvalue weighted by molar-refractivity contribution is 9.10. The molecular formula is C11H16BrNO2. The van der Waals surface area contributed by atoms with E-state index in [1.54, 1.807) is 7.05 Å². The Labute approximate surface area is 98.6 Å². The van der Waals surface area contributed by atoms with Gasteiger partial charge in [-0.05, 0) is 24.7 Å². The van der Waals surface area contributed by atoms with Crippen LogP contribution < -0.4 is 5.32 Å². The van der Waals surface area contributed by atoms with E-state index >= 15 is 0 Å². The van der Waals surface area contributed by atoms with Gasteiger partial charge in [0.05, 0.1) is 19.3 Å². The van der Waals surface area contributed by atoms with E-state index in [-0.39, 0.29) is 0 Å². The summed E-state index contributed by atoms with van der Waals surface area (Å²) in [6.45, 7) is 1.44. The Morgan fingerprint density at radius 3 is 3.00 bits per heavy atom. The van der Waals surface area contributed by atoms with Crippen molar-refractivity contribution in [3.63, 3.8) is 0 Å². The number of hydrogen-bond donors (Lipinski definition) is 2. The minimum Gasteiger partial charge on any atom is -0.389 e. The van der Waals surface area contributed by atoms with Gasteiger partial charge in [-0.1, -0.05) is 28.1 Å². The first-order valence-electron chi connectivity index (χ1n) is 4.87. The summed E-state index contributed by atoms with van der Waals surface area (Å²) in [4.78, 5) is 0. The molecule has 1 unspecified atom stereocenters. The molecule has 3 nitrogen and oxygen atoms in total. The first kappa shape index (κ1) is 12.6. The lowest BCUT2D eigenvalue weighted by molar-refractivity contribution is 0.0297. The zero-order valence-electron chi connectivity index (χ0n) is 8.74. The summed E-state index contributed by atoms with van der Waals surface area (Å²) in [5.41, 5.74) is 1.10. The van der Waals surface area contributed by atoms with Gasteiger partial charge in [0.2, 0.25) is 0 Å². The molecule has 0 fully saturated rings. The van der Waals surface area contributed by atoms with Crippen LogP contribution in [0.5, 0.6) is 0 Å². The van der Waals surface area contributed by atoms with Crippen LogP contribution in [0.4, 0.5) is 0 Å². The number of rotatable bonds is 6. The summed E-state index contributed by atoms with van der Waals surface area (Å²) in [5.74, 6) is 0. The molecule has 1 atom stereocenters. The number of aliphatic hydroxyl groups is 1. The van der Waals surface area contributed by atoms with Crippen LogP contribution in [0, 0.1) is 0 Å². The number of ether oxygens (including phenoxy) is 1. The lowest BCUT2D eigenvalue weighted by atomic mass is 10.2. The van der Waals surface area contributed by atoms with Gasteiger partial charge >= 0.3 is 0 Å². The summed E-state index contributed by atoms with van der Waals surface area (Å²) in [6, 6.07) is 7.94. The van der Waals surface area contributed by atoms with Crippen LogP contribution in [0.1, 0.15) is 5.56 Å². The van der Waals surface area contributed by atoms with Crippen LogP contribution in [0.15, 0.2) is 28.7 Å². The summed E-state index contributed by atoms with van der Waals surface area (Å²) in [7, 11) is 1.80. The third-order valence-electron chi connectivity index (χ3n) is 1.91. The van der Waals surface area contributed by atoms with Gasteiger partial charge in [0.15, 0.2) is 0 Å². The van der Waals surface area contributed by atoms with Crippen molar-refractivity contribution in [1.82, 2.24) is 5.32 Å². The van der Waals surface area contributed by atoms with Crippen LogP contribution in [-0.4, -0.2) is 31.4 Å². The molecule has 84 valence electrons. The van der Waals surface area contributed by atoms with Crippen molar-refractivity contribution in [2.75, 3.05) is 20.2 Å². The van der Waals surface area contributed by atoms with Gasteiger partial charge < -0.3 is 15.2 Å². The fourth-order valence-corrected chi connectivity index (χ4v) is 1.68. The van der Waals surface area contributed by atoms with E-state index in [1.165, 1.54) is 0 Å². The first-order chi connectivity index (χ1) is 7.22. The molecule has 15 heavy (non-hydrogen) atoms. The van der Waals surface area contributed by atoms with Crippen LogP contribution >= 0.6 is 15.9 Å². The molecule has 1 rings (SSSR count). The Kier molecular flexibility index (Phi) is 5.86. The van der Waals surface area contributed by atoms with Gasteiger partial charge in [-0.3, -0.25) is 0 Å². The summed E-state index contributed by atoms with van der Waals surface area (Å²) in [5, 5.41) is 12.3. The van der Waals surface area contributed by atoms with E-state index in [1.807, 2.05) is 24.3 Å². The van der Waals surface area contributed by atoms with E-state index in [9.17, 15) is 5.11 Å². The quantitative estimate of drug-likeness (QED) is 0.827. The fourth-order valence-electron chi connectivity index (χ4n) is 1.23. The molecule has 0 saturated heterocycles. The molecule has 0 amide bonds. The maximum absolute atomic E-state index is 9.39. The number of halogens is 1. The minimum atomic E-state index is -0.442. The topological polar surface area (TPSA) is 41.5 Å². The average Bonchev–Trinajstić information content (AvgIpc) is 2.18. The van der Waals surface area contributed by atoms with Gasteiger partial charge in [0.25, 0.3) is 0 Å². The zero-order valence-corrected chi connectivity index (χ0v) is 10.3. The summed E-state index contributed by atoms with van der Waals surface area (Å²) >= 11 is 3.39. The molecule has 1 aromatic rings. The lowest BCUT2D eigenvalue weighted by Crippen LogP contribution is -2.27. The highest BCUT2D eigenvalue weighted by Crippen LogP contribution is 2.12. The van der Waals surface area contributed by atoms with Crippen molar-refractivity contribution in [3.05, 3.63) is 34.3 Å². The molecule has 2 N–H and O–H groups in total. The Morgan fingerprint density at radius 1 is 1.53 bits per heavy atom. The fraction of sp³-hybridized carbons (Fsp3) is 0.455. The molecule has 0 saturated carbocycles. The van der Waals surface area contributed by atoms with Crippen molar-refractivity contribution in [1.29, 1.82) is 0 Å². The third-order valence-corrected chi connectivity index (χ3v) is 2.40. The van der Waals surface area contributed by atoms with Crippen LogP contribution in [0.2, 0.25) is 0 Å². The van der Waals surface area contributed by atoms with Gasteiger partial charge in [0.1, 0.15) is 0 Å². The van der Waals surface area contributed by atoms with Gasteiger partial charge in [-0.2, -0.15) is 0 Å². The predicted molar refractivity (Wildman–Crippen MR) is 63.7 cm³/mol. The number of nitrogens with one attached hydrogen (secondary N) is 1. The Balaban J connectivity index is 2.25. The molecule has 0 bridgehead atoms. The average molecular weight is 274 g/mol. The molecule has 1 aromatic carbocycles. The Bertz CT molecular complexity index is 294. The van der Waals surface area contributed by atoms with Crippen molar-refractivity contribution >= 4 is 15.9 Å². The smallest absolute Gasteiger partial charge is 0.0897 e. The second kappa shape index (κ2) is 6.95. The maximum Gasteiger partial charge on any atom is 0.0897 e. The maximum atomic E-state index is 9.39. The Morgan fingerprint density at radius 2 is 2.33 bits per heavy atom. The number of hydrogen-bond acceptors (Lipinski definition) is 3. The molecular weight excluding hydrogens is 258 g/mol. The second-order valence-electron chi connectivity index (χ2n) is 3.36. The number of likely N-dealkylation sites (N-methyl/N-ethyl adjacent to an activating group) is 1. The molecule has 0 radical (unpaired) electrons. The zero-order chi connectivity index (χ0) is 11.1. The largest absolute Gasteiger partial charge is 0.389 e. The van der Waals surface area contributed by atoms with Gasteiger partial charge in [0, 0.05) is 11.0 Å². The van der Waals surface area contributed by atoms with E-state index in [0.717, 1.165) is 10.0 Å². The molecule has 4 heteroatoms. The van der Waals surface area contributed by atoms with Gasteiger partial charge in [-0.25, -0.2) is 0 Å². The normalized spacial score (nSPS) is 12.7. The van der Waals surface area contributed by atoms with Crippen molar-refractivity contribution in [2.45, 2.75) is 12.7 Å². The highest BCUT2D eigenvalue weighted by atomic mass is 79.9. The summed E-state index contributed by atoms with van der Waals surface area (Å²) < 4.78 is 6.42. The molecule has 0 spiro atoms. The van der Waals surface area contributed by atoms with Crippen molar-refractivity contribution < 1.29 is 9.84 Å². The third kappa shape index (κ3) is 5.28. The highest BCUT2D eigenvalue weighted by Gasteiger charge is 2.02. The lowest BCUT2D eigenvalue weighted by Gasteiger charge is -2.10. The molecule has 0 aromatic heterocycles. The van der Waals surface area contributed by atoms with Gasteiger partial charge in [-0.15, -0.1) is 0 Å². The van der Waals surface area contributed by atoms with Crippen molar-refractivity contribution in [2.24, 2.45) is 0 Å². The standard InChI is InChI=1S/C11H16BrNO2/c1-13-6-11(14)8-15-7-9-3-2-4-10(12)5-9/h2-5,11,13-14H,6-8H2,1H3.